The van der Waals surface area contributed by atoms with Crippen molar-refractivity contribution in [1.29, 1.82) is 0 Å². The molecule has 0 saturated heterocycles. The van der Waals surface area contributed by atoms with Crippen LogP contribution in [0.1, 0.15) is 39.5 Å². The summed E-state index contributed by atoms with van der Waals surface area (Å²) in [5.41, 5.74) is 8.43. The zero-order chi connectivity index (χ0) is 81.1. The Bertz CT molecular complexity index is 6060. The van der Waals surface area contributed by atoms with E-state index in [1.807, 2.05) is 119 Å². The fourth-order valence-corrected chi connectivity index (χ4v) is 12.7. The van der Waals surface area contributed by atoms with Gasteiger partial charge in [0.25, 0.3) is 0 Å². The van der Waals surface area contributed by atoms with Crippen molar-refractivity contribution < 1.29 is 79.5 Å². The van der Waals surface area contributed by atoms with E-state index in [0.29, 0.717) is 69.1 Å². The van der Waals surface area contributed by atoms with Crippen molar-refractivity contribution in [3.63, 3.8) is 0 Å². The Kier molecular flexibility index (Phi) is 23.0. The van der Waals surface area contributed by atoms with Crippen molar-refractivity contribution in [2.45, 2.75) is 52.6 Å². The molecule has 0 bridgehead atoms. The number of ether oxygens (including phenoxy) is 1. The number of rotatable bonds is 13. The van der Waals surface area contributed by atoms with E-state index in [1.54, 1.807) is 66.7 Å². The fraction of sp³-hybridized carbons (Fsp3) is 0.0952. The first-order valence-corrected chi connectivity index (χ1v) is 35.5. The Morgan fingerprint density at radius 3 is 0.939 bits per heavy atom. The van der Waals surface area contributed by atoms with E-state index in [9.17, 15) is 57.1 Å². The summed E-state index contributed by atoms with van der Waals surface area (Å²) in [6.45, 7) is 7.51. The van der Waals surface area contributed by atoms with Crippen LogP contribution >= 0.6 is 46.4 Å². The molecule has 0 amide bonds. The molecule has 0 aliphatic rings. The fourth-order valence-electron chi connectivity index (χ4n) is 11.8. The van der Waals surface area contributed by atoms with E-state index in [-0.39, 0.29) is 54.1 Å². The lowest BCUT2D eigenvalue weighted by molar-refractivity contribution is -0.274. The van der Waals surface area contributed by atoms with Gasteiger partial charge in [0, 0.05) is 67.3 Å². The van der Waals surface area contributed by atoms with Crippen molar-refractivity contribution in [2.75, 3.05) is 0 Å². The molecule has 8 heterocycles. The second-order valence-electron chi connectivity index (χ2n) is 25.3. The summed E-state index contributed by atoms with van der Waals surface area (Å²) in [6.07, 6.45) is -18.4. The number of aromatic amines is 4. The molecule has 4 N–H and O–H groups in total. The molecule has 0 aliphatic heterocycles. The molecule has 114 heavy (non-hydrogen) atoms. The topological polar surface area (TPSA) is 177 Å². The Morgan fingerprint density at radius 2 is 0.596 bits per heavy atom. The number of H-pyrrole nitrogens is 4. The number of aryl methyl sites for hydroxylation is 4. The Morgan fingerprint density at radius 1 is 0.298 bits per heavy atom. The highest BCUT2D eigenvalue weighted by Crippen LogP contribution is 2.44. The number of halogens is 17. The number of benzene rings is 8. The van der Waals surface area contributed by atoms with Crippen LogP contribution in [0.25, 0.3) is 137 Å². The molecule has 0 radical (unpaired) electrons. The maximum Gasteiger partial charge on any atom is 0.573 e. The smallest absolute Gasteiger partial charge is 0.453 e. The van der Waals surface area contributed by atoms with Crippen molar-refractivity contribution in [1.82, 2.24) is 39.9 Å². The minimum absolute atomic E-state index is 0.146. The maximum atomic E-state index is 13.1. The van der Waals surface area contributed by atoms with Crippen LogP contribution in [0.5, 0.6) is 5.75 Å². The Hall–Kier alpha value is -12.2. The van der Waals surface area contributed by atoms with Gasteiger partial charge in [-0.3, -0.25) is 0 Å². The van der Waals surface area contributed by atoms with Gasteiger partial charge in [0.15, 0.2) is 46.3 Å². The van der Waals surface area contributed by atoms with Gasteiger partial charge in [0.1, 0.15) is 34.6 Å². The van der Waals surface area contributed by atoms with Crippen LogP contribution in [0.2, 0.25) is 20.1 Å². The second-order valence-corrected chi connectivity index (χ2v) is 26.9. The molecule has 0 spiro atoms. The van der Waals surface area contributed by atoms with Crippen LogP contribution in [0.4, 0.5) is 57.1 Å². The van der Waals surface area contributed by atoms with Gasteiger partial charge >= 0.3 is 24.9 Å². The van der Waals surface area contributed by atoms with E-state index in [0.717, 1.165) is 86.4 Å². The third kappa shape index (κ3) is 18.6. The third-order valence-electron chi connectivity index (χ3n) is 17.3. The standard InChI is InChI=1S/C21H13ClF4N2O.C21H14ClF3N2O2.2C21H14ClF3N2O/c1-11-19(12-2-5-14(23)6-3-12)28-20(27-11)18-9-8-17(29-18)13-4-7-16(22)15(10-13)21(24,25)26;1-12-19(13-5-3-2-4-6-13)27-20(26-12)17-10-9-16(28-17)14-7-8-15(22)18(11-14)29-21(23,24)25;1-12-19(13-5-3-2-4-6-13)27-20(26-12)18-10-9-17(28-18)15-11-14(21(23,24)25)7-8-16(15)22;1-12-19(13-5-3-2-4-6-13)27-20(26-12)18-10-9-17(28-18)14-7-8-16(22)15(11-14)21(23,24)25/h2-10H,1H3,(H,27,28);2-11H,1H3,(H,26,27);2*2-11H,1H3,(H,26,27). The van der Waals surface area contributed by atoms with E-state index in [2.05, 4.69) is 44.6 Å². The quantitative estimate of drug-likeness (QED) is 0.0818. The monoisotopic (exact) mass is 1640 g/mol. The average molecular weight is 1650 g/mol. The summed E-state index contributed by atoms with van der Waals surface area (Å²) in [4.78, 5) is 30.8. The summed E-state index contributed by atoms with van der Waals surface area (Å²) in [7, 11) is 0. The van der Waals surface area contributed by atoms with Gasteiger partial charge in [0.2, 0.25) is 0 Å². The molecule has 0 aliphatic carbocycles. The van der Waals surface area contributed by atoms with Crippen LogP contribution in [-0.4, -0.2) is 46.2 Å². The van der Waals surface area contributed by atoms with Crippen molar-refractivity contribution in [3.05, 3.63) is 302 Å². The molecule has 13 nitrogen and oxygen atoms in total. The van der Waals surface area contributed by atoms with Crippen LogP contribution in [0.15, 0.2) is 254 Å². The molecule has 0 atom stereocenters. The Labute approximate surface area is 659 Å². The lowest BCUT2D eigenvalue weighted by Gasteiger charge is -2.11. The summed E-state index contributed by atoms with van der Waals surface area (Å²) < 4.78 is 195. The van der Waals surface area contributed by atoms with Gasteiger partial charge in [-0.15, -0.1) is 13.2 Å². The first-order chi connectivity index (χ1) is 54.2. The van der Waals surface area contributed by atoms with Crippen LogP contribution in [0.3, 0.4) is 0 Å². The molecule has 8 aromatic heterocycles. The van der Waals surface area contributed by atoms with Crippen molar-refractivity contribution >= 4 is 46.4 Å². The minimum Gasteiger partial charge on any atom is -0.453 e. The SMILES string of the molecule is Cc1[nH]c(-c2ccc(-c3cc(C(F)(F)F)ccc3Cl)o2)nc1-c1ccccc1.Cc1[nH]c(-c2ccc(-c3ccc(Cl)c(C(F)(F)F)c3)o2)nc1-c1ccc(F)cc1.Cc1[nH]c(-c2ccc(-c3ccc(Cl)c(C(F)(F)F)c3)o2)nc1-c1ccccc1.Cc1[nH]c(-c2ccc(-c3ccc(Cl)c(OC(F)(F)F)c3)o2)nc1-c1ccccc1. The van der Waals surface area contributed by atoms with E-state index in [4.69, 9.17) is 64.1 Å². The summed E-state index contributed by atoms with van der Waals surface area (Å²) in [6, 6.07) is 62.4. The van der Waals surface area contributed by atoms with Crippen LogP contribution < -0.4 is 4.74 Å². The number of imidazole rings is 4. The van der Waals surface area contributed by atoms with Crippen molar-refractivity contribution in [3.8, 4) is 142 Å². The van der Waals surface area contributed by atoms with Gasteiger partial charge in [-0.1, -0.05) is 137 Å². The number of hydrogen-bond donors (Lipinski definition) is 4. The van der Waals surface area contributed by atoms with E-state index < -0.39 is 47.3 Å². The predicted octanol–water partition coefficient (Wildman–Crippen LogP) is 28.0. The summed E-state index contributed by atoms with van der Waals surface area (Å²) in [5, 5.41) is -0.697. The van der Waals surface area contributed by atoms with E-state index >= 15 is 0 Å². The molecule has 0 unspecified atom stereocenters. The third-order valence-corrected chi connectivity index (χ3v) is 18.6. The van der Waals surface area contributed by atoms with Gasteiger partial charge in [-0.05, 0) is 173 Å². The van der Waals surface area contributed by atoms with Gasteiger partial charge in [-0.25, -0.2) is 24.3 Å². The van der Waals surface area contributed by atoms with Gasteiger partial charge in [-0.2, -0.15) is 39.5 Å². The molecule has 16 aromatic rings. The first kappa shape index (κ1) is 79.8. The highest BCUT2D eigenvalue weighted by Gasteiger charge is 2.37. The van der Waals surface area contributed by atoms with E-state index in [1.165, 1.54) is 54.6 Å². The zero-order valence-electron chi connectivity index (χ0n) is 59.3. The average Bonchev–Trinajstić information content (AvgIpc) is 1.65. The first-order valence-electron chi connectivity index (χ1n) is 33.9. The molecule has 30 heteroatoms. The number of hydrogen-bond acceptors (Lipinski definition) is 9. The van der Waals surface area contributed by atoms with Crippen molar-refractivity contribution in [2.24, 2.45) is 0 Å². The molecule has 16 rings (SSSR count). The molecule has 8 aromatic carbocycles. The number of alkyl halides is 12. The van der Waals surface area contributed by atoms with Crippen LogP contribution in [-0.2, 0) is 18.5 Å². The predicted molar refractivity (Wildman–Crippen MR) is 409 cm³/mol. The number of aromatic nitrogens is 8. The lowest BCUT2D eigenvalue weighted by Crippen LogP contribution is -2.17. The number of furan rings is 4. The molecule has 0 fully saturated rings. The zero-order valence-corrected chi connectivity index (χ0v) is 62.3. The summed E-state index contributed by atoms with van der Waals surface area (Å²) in [5.74, 6) is 3.90. The maximum absolute atomic E-state index is 13.1. The molecular weight excluding hydrogens is 1590 g/mol. The highest BCUT2D eigenvalue weighted by atomic mass is 35.5. The van der Waals surface area contributed by atoms with Gasteiger partial charge < -0.3 is 42.3 Å². The minimum atomic E-state index is -4.84. The normalized spacial score (nSPS) is 11.7. The molecule has 580 valence electrons. The summed E-state index contributed by atoms with van der Waals surface area (Å²) >= 11 is 23.2. The largest absolute Gasteiger partial charge is 0.573 e. The lowest BCUT2D eigenvalue weighted by atomic mass is 10.1. The Balaban J connectivity index is 0.000000133. The number of nitrogens with zero attached hydrogens (tertiary/aromatic N) is 4. The number of nitrogens with one attached hydrogen (secondary N) is 4. The molecular formula is C84H55Cl4F13N8O5. The highest BCUT2D eigenvalue weighted by molar-refractivity contribution is 6.33. The van der Waals surface area contributed by atoms with Gasteiger partial charge in [0.05, 0.1) is 59.6 Å². The van der Waals surface area contributed by atoms with Crippen LogP contribution in [0, 0.1) is 33.5 Å². The molecule has 0 saturated carbocycles. The second kappa shape index (κ2) is 32.8.